The van der Waals surface area contributed by atoms with Crippen molar-refractivity contribution in [3.63, 3.8) is 0 Å². The van der Waals surface area contributed by atoms with Crippen LogP contribution in [0.1, 0.15) is 19.3 Å². The fourth-order valence-electron chi connectivity index (χ4n) is 3.17. The Morgan fingerprint density at radius 3 is 2.60 bits per heavy atom. The average Bonchev–Trinajstić information content (AvgIpc) is 3.00. The molecule has 2 atom stereocenters. The number of fused-ring (bicyclic) bond motifs is 2. The van der Waals surface area contributed by atoms with Gasteiger partial charge in [0.15, 0.2) is 0 Å². The van der Waals surface area contributed by atoms with E-state index in [0.29, 0.717) is 12.5 Å². The molecule has 8 heteroatoms. The summed E-state index contributed by atoms with van der Waals surface area (Å²) in [6, 6.07) is 3.66. The van der Waals surface area contributed by atoms with Gasteiger partial charge >= 0.3 is 0 Å². The number of rotatable bonds is 3. The summed E-state index contributed by atoms with van der Waals surface area (Å²) < 4.78 is 26.6. The van der Waals surface area contributed by atoms with E-state index in [1.54, 1.807) is 0 Å². The molecule has 2 N–H and O–H groups in total. The largest absolute Gasteiger partial charge is 0.393 e. The van der Waals surface area contributed by atoms with Gasteiger partial charge in [-0.15, -0.1) is 0 Å². The molecule has 1 aromatic carbocycles. The zero-order chi connectivity index (χ0) is 14.5. The summed E-state index contributed by atoms with van der Waals surface area (Å²) >= 11 is 0. The molecular formula is C12H15N3O4S. The van der Waals surface area contributed by atoms with Crippen molar-refractivity contribution in [2.45, 2.75) is 30.2 Å². The zero-order valence-corrected chi connectivity index (χ0v) is 11.5. The van der Waals surface area contributed by atoms with Gasteiger partial charge in [-0.25, -0.2) is 8.42 Å². The van der Waals surface area contributed by atoms with Gasteiger partial charge in [0.1, 0.15) is 5.69 Å². The number of hydrogen-bond donors (Lipinski definition) is 1. The quantitative estimate of drug-likeness (QED) is 0.515. The number of sulfonamides is 1. The highest BCUT2D eigenvalue weighted by Gasteiger charge is 2.44. The van der Waals surface area contributed by atoms with Crippen LogP contribution in [-0.2, 0) is 10.0 Å². The molecule has 108 valence electrons. The molecule has 1 aromatic rings. The fraction of sp³-hybridized carbons (Fsp3) is 0.500. The summed E-state index contributed by atoms with van der Waals surface area (Å²) in [5.74, 6) is 0.449. The topological polar surface area (TPSA) is 107 Å². The lowest BCUT2D eigenvalue weighted by Gasteiger charge is -2.26. The highest BCUT2D eigenvalue weighted by Crippen LogP contribution is 2.41. The molecule has 1 heterocycles. The van der Waals surface area contributed by atoms with Crippen LogP contribution in [0.4, 0.5) is 11.4 Å². The predicted molar refractivity (Wildman–Crippen MR) is 72.5 cm³/mol. The molecule has 1 aliphatic carbocycles. The van der Waals surface area contributed by atoms with Crippen molar-refractivity contribution < 1.29 is 13.3 Å². The highest BCUT2D eigenvalue weighted by atomic mass is 32.2. The van der Waals surface area contributed by atoms with Crippen LogP contribution in [-0.4, -0.2) is 30.2 Å². The number of piperidine rings is 1. The van der Waals surface area contributed by atoms with Gasteiger partial charge in [-0.2, -0.15) is 4.31 Å². The van der Waals surface area contributed by atoms with Gasteiger partial charge in [0.2, 0.25) is 10.0 Å². The lowest BCUT2D eigenvalue weighted by molar-refractivity contribution is -0.383. The Labute approximate surface area is 116 Å². The molecule has 2 unspecified atom stereocenters. The third-order valence-corrected chi connectivity index (χ3v) is 6.08. The summed E-state index contributed by atoms with van der Waals surface area (Å²) in [4.78, 5) is 10.1. The standard InChI is InChI=1S/C12H15N3O4S/c13-11-6-10(3-4-12(11)15(16)17)20(18,19)14-7-8-1-2-9(14)5-8/h3-4,6,8-9H,1-2,5,7,13H2. The van der Waals surface area contributed by atoms with Crippen molar-refractivity contribution >= 4 is 21.4 Å². The second kappa shape index (κ2) is 4.42. The SMILES string of the molecule is Nc1cc(S(=O)(=O)N2CC3CCC2C3)ccc1[N+](=O)[O-]. The molecule has 2 fully saturated rings. The second-order valence-corrected chi connectivity index (χ2v) is 7.28. The minimum atomic E-state index is -3.60. The van der Waals surface area contributed by atoms with Crippen molar-refractivity contribution in [2.24, 2.45) is 5.92 Å². The Hall–Kier alpha value is -1.67. The van der Waals surface area contributed by atoms with E-state index in [1.807, 2.05) is 0 Å². The monoisotopic (exact) mass is 297 g/mol. The first-order valence-electron chi connectivity index (χ1n) is 6.45. The number of benzene rings is 1. The van der Waals surface area contributed by atoms with Crippen molar-refractivity contribution in [2.75, 3.05) is 12.3 Å². The van der Waals surface area contributed by atoms with Crippen LogP contribution in [0.25, 0.3) is 0 Å². The van der Waals surface area contributed by atoms with Gasteiger partial charge in [0, 0.05) is 18.7 Å². The third kappa shape index (κ3) is 1.95. The van der Waals surface area contributed by atoms with E-state index in [4.69, 9.17) is 5.73 Å². The highest BCUT2D eigenvalue weighted by molar-refractivity contribution is 7.89. The maximum atomic E-state index is 12.6. The van der Waals surface area contributed by atoms with Crippen LogP contribution >= 0.6 is 0 Å². The maximum absolute atomic E-state index is 12.6. The van der Waals surface area contributed by atoms with Crippen molar-refractivity contribution in [3.05, 3.63) is 28.3 Å². The molecule has 0 aromatic heterocycles. The summed E-state index contributed by atoms with van der Waals surface area (Å²) in [7, 11) is -3.60. The fourth-order valence-corrected chi connectivity index (χ4v) is 4.95. The van der Waals surface area contributed by atoms with E-state index >= 15 is 0 Å². The molecule has 7 nitrogen and oxygen atoms in total. The number of nitrogens with two attached hydrogens (primary N) is 1. The van der Waals surface area contributed by atoms with Crippen LogP contribution in [0.5, 0.6) is 0 Å². The summed E-state index contributed by atoms with van der Waals surface area (Å²) in [5, 5.41) is 10.7. The molecule has 0 amide bonds. The molecular weight excluding hydrogens is 282 g/mol. The molecule has 2 bridgehead atoms. The van der Waals surface area contributed by atoms with Crippen molar-refractivity contribution in [1.29, 1.82) is 0 Å². The van der Waals surface area contributed by atoms with Gasteiger partial charge in [-0.3, -0.25) is 10.1 Å². The van der Waals surface area contributed by atoms with E-state index in [1.165, 1.54) is 16.4 Å². The van der Waals surface area contributed by atoms with E-state index in [9.17, 15) is 18.5 Å². The second-order valence-electron chi connectivity index (χ2n) is 5.39. The molecule has 3 rings (SSSR count). The predicted octanol–water partition coefficient (Wildman–Crippen LogP) is 1.35. The number of hydrogen-bond acceptors (Lipinski definition) is 5. The normalized spacial score (nSPS) is 26.0. The zero-order valence-electron chi connectivity index (χ0n) is 10.7. The third-order valence-electron chi connectivity index (χ3n) is 4.16. The molecule has 1 aliphatic heterocycles. The first kappa shape index (κ1) is 13.3. The van der Waals surface area contributed by atoms with Crippen LogP contribution in [0.3, 0.4) is 0 Å². The maximum Gasteiger partial charge on any atom is 0.292 e. The number of nitrogen functional groups attached to an aromatic ring is 1. The molecule has 0 radical (unpaired) electrons. The van der Waals surface area contributed by atoms with Crippen LogP contribution in [0.2, 0.25) is 0 Å². The van der Waals surface area contributed by atoms with Crippen LogP contribution in [0.15, 0.2) is 23.1 Å². The van der Waals surface area contributed by atoms with Gasteiger partial charge in [0.05, 0.1) is 9.82 Å². The Morgan fingerprint density at radius 1 is 1.35 bits per heavy atom. The van der Waals surface area contributed by atoms with Crippen LogP contribution in [0, 0.1) is 16.0 Å². The Morgan fingerprint density at radius 2 is 2.10 bits per heavy atom. The summed E-state index contributed by atoms with van der Waals surface area (Å²) in [6.07, 6.45) is 2.90. The van der Waals surface area contributed by atoms with E-state index in [2.05, 4.69) is 0 Å². The summed E-state index contributed by atoms with van der Waals surface area (Å²) in [5.41, 5.74) is 5.17. The molecule has 2 aliphatic rings. The van der Waals surface area contributed by atoms with Gasteiger partial charge < -0.3 is 5.73 Å². The van der Waals surface area contributed by atoms with Crippen molar-refractivity contribution in [3.8, 4) is 0 Å². The molecule has 1 saturated heterocycles. The Balaban J connectivity index is 1.96. The number of nitrogens with zero attached hydrogens (tertiary/aromatic N) is 2. The molecule has 20 heavy (non-hydrogen) atoms. The van der Waals surface area contributed by atoms with Gasteiger partial charge in [0.25, 0.3) is 5.69 Å². The first-order valence-corrected chi connectivity index (χ1v) is 7.89. The smallest absolute Gasteiger partial charge is 0.292 e. The van der Waals surface area contributed by atoms with Gasteiger partial charge in [-0.1, -0.05) is 0 Å². The minimum absolute atomic E-state index is 0.0353. The number of nitro benzene ring substituents is 1. The minimum Gasteiger partial charge on any atom is -0.393 e. The molecule has 0 spiro atoms. The lowest BCUT2D eigenvalue weighted by Crippen LogP contribution is -2.37. The van der Waals surface area contributed by atoms with Crippen molar-refractivity contribution in [1.82, 2.24) is 4.31 Å². The van der Waals surface area contributed by atoms with E-state index in [-0.39, 0.29) is 22.3 Å². The average molecular weight is 297 g/mol. The Bertz CT molecular complexity index is 673. The van der Waals surface area contributed by atoms with Crippen LogP contribution < -0.4 is 5.73 Å². The van der Waals surface area contributed by atoms with Gasteiger partial charge in [-0.05, 0) is 37.3 Å². The Kier molecular flexibility index (Phi) is 2.94. The first-order chi connectivity index (χ1) is 9.39. The number of anilines is 1. The van der Waals surface area contributed by atoms with E-state index < -0.39 is 14.9 Å². The molecule has 1 saturated carbocycles. The lowest BCUT2D eigenvalue weighted by atomic mass is 10.1. The number of nitro groups is 1. The van der Waals surface area contributed by atoms with E-state index in [0.717, 1.165) is 25.3 Å². The summed E-state index contributed by atoms with van der Waals surface area (Å²) in [6.45, 7) is 0.546.